The second-order valence-corrected chi connectivity index (χ2v) is 9.97. The number of hydrogen-bond donors (Lipinski definition) is 1. The molecule has 0 saturated carbocycles. The van der Waals surface area contributed by atoms with Gasteiger partial charge in [0.15, 0.2) is 0 Å². The van der Waals surface area contributed by atoms with E-state index in [-0.39, 0.29) is 9.79 Å². The van der Waals surface area contributed by atoms with Crippen molar-refractivity contribution < 1.29 is 16.8 Å². The Morgan fingerprint density at radius 1 is 1.00 bits per heavy atom. The van der Waals surface area contributed by atoms with E-state index >= 15 is 0 Å². The summed E-state index contributed by atoms with van der Waals surface area (Å²) < 4.78 is 53.5. The number of nitrogens with zero attached hydrogens (tertiary/aromatic N) is 1. The Kier molecular flexibility index (Phi) is 5.09. The molecule has 2 aromatic carbocycles. The van der Waals surface area contributed by atoms with Gasteiger partial charge in [0.2, 0.25) is 10.0 Å². The zero-order valence-electron chi connectivity index (χ0n) is 14.8. The molecule has 1 N–H and O–H groups in total. The number of anilines is 1. The van der Waals surface area contributed by atoms with Gasteiger partial charge in [-0.3, -0.25) is 4.31 Å². The molecule has 0 bridgehead atoms. The first kappa shape index (κ1) is 18.9. The maximum atomic E-state index is 13.0. The van der Waals surface area contributed by atoms with Crippen LogP contribution in [-0.2, 0) is 32.9 Å². The largest absolute Gasteiger partial charge is 0.266 e. The van der Waals surface area contributed by atoms with E-state index in [0.29, 0.717) is 24.2 Å². The number of rotatable bonds is 6. The summed E-state index contributed by atoms with van der Waals surface area (Å²) in [4.78, 5) is 0.388. The highest BCUT2D eigenvalue weighted by atomic mass is 32.2. The van der Waals surface area contributed by atoms with Gasteiger partial charge >= 0.3 is 0 Å². The van der Waals surface area contributed by atoms with E-state index in [1.807, 2.05) is 12.1 Å². The highest BCUT2D eigenvalue weighted by molar-refractivity contribution is 7.92. The second kappa shape index (κ2) is 7.02. The summed E-state index contributed by atoms with van der Waals surface area (Å²) in [6.45, 7) is 2.38. The normalized spacial score (nSPS) is 14.5. The molecule has 0 saturated heterocycles. The lowest BCUT2D eigenvalue weighted by atomic mass is 10.1. The summed E-state index contributed by atoms with van der Waals surface area (Å²) >= 11 is 0. The van der Waals surface area contributed by atoms with E-state index in [1.165, 1.54) is 17.4 Å². The molecule has 0 fully saturated rings. The van der Waals surface area contributed by atoms with Crippen LogP contribution in [0.15, 0.2) is 52.3 Å². The van der Waals surface area contributed by atoms with Gasteiger partial charge in [-0.15, -0.1) is 0 Å². The van der Waals surface area contributed by atoms with E-state index in [0.717, 1.165) is 18.4 Å². The lowest BCUT2D eigenvalue weighted by Crippen LogP contribution is -2.29. The number of nitrogens with one attached hydrogen (secondary N) is 1. The van der Waals surface area contributed by atoms with Gasteiger partial charge < -0.3 is 0 Å². The molecule has 0 unspecified atom stereocenters. The molecule has 26 heavy (non-hydrogen) atoms. The van der Waals surface area contributed by atoms with Crippen molar-refractivity contribution in [1.29, 1.82) is 0 Å². The summed E-state index contributed by atoms with van der Waals surface area (Å²) in [5.41, 5.74) is 2.36. The number of fused-ring (bicyclic) bond motifs is 1. The zero-order chi connectivity index (χ0) is 18.9. The topological polar surface area (TPSA) is 83.6 Å². The molecule has 2 aromatic rings. The Morgan fingerprint density at radius 2 is 1.65 bits per heavy atom. The standard InChI is InChI=1S/C18H22N2O4S2/c1-3-4-14-5-7-16(8-6-14)26(23,24)20-12-11-15-13-17(9-10-18(15)20)25(21,22)19-2/h5-10,13,19H,3-4,11-12H2,1-2H3. The van der Waals surface area contributed by atoms with Crippen molar-refractivity contribution in [3.05, 3.63) is 53.6 Å². The minimum atomic E-state index is -3.67. The molecule has 0 aliphatic carbocycles. The maximum absolute atomic E-state index is 13.0. The van der Waals surface area contributed by atoms with Crippen LogP contribution in [0.5, 0.6) is 0 Å². The lowest BCUT2D eigenvalue weighted by Gasteiger charge is -2.20. The van der Waals surface area contributed by atoms with E-state index in [9.17, 15) is 16.8 Å². The van der Waals surface area contributed by atoms with E-state index in [1.54, 1.807) is 24.3 Å². The first-order valence-corrected chi connectivity index (χ1v) is 11.4. The molecule has 1 aliphatic heterocycles. The summed E-state index contributed by atoms with van der Waals surface area (Å²) in [5, 5.41) is 0. The molecule has 0 aromatic heterocycles. The van der Waals surface area contributed by atoms with Crippen LogP contribution in [0.25, 0.3) is 0 Å². The van der Waals surface area contributed by atoms with Crippen molar-refractivity contribution in [2.75, 3.05) is 17.9 Å². The Hall–Kier alpha value is -1.90. The van der Waals surface area contributed by atoms with Crippen molar-refractivity contribution in [2.24, 2.45) is 0 Å². The third kappa shape index (κ3) is 3.36. The van der Waals surface area contributed by atoms with Crippen molar-refractivity contribution >= 4 is 25.7 Å². The molecule has 0 radical (unpaired) electrons. The molecule has 0 amide bonds. The van der Waals surface area contributed by atoms with Gasteiger partial charge in [-0.2, -0.15) is 0 Å². The average Bonchev–Trinajstić information content (AvgIpc) is 3.06. The summed E-state index contributed by atoms with van der Waals surface area (Å²) in [6, 6.07) is 11.5. The van der Waals surface area contributed by atoms with Crippen LogP contribution >= 0.6 is 0 Å². The van der Waals surface area contributed by atoms with Gasteiger partial charge in [0.1, 0.15) is 0 Å². The smallest absolute Gasteiger partial charge is 0.264 e. The van der Waals surface area contributed by atoms with Crippen LogP contribution in [0, 0.1) is 0 Å². The second-order valence-electron chi connectivity index (χ2n) is 6.22. The molecule has 6 nitrogen and oxygen atoms in total. The van der Waals surface area contributed by atoms with Gasteiger partial charge in [-0.1, -0.05) is 25.5 Å². The molecular weight excluding hydrogens is 372 g/mol. The summed E-state index contributed by atoms with van der Waals surface area (Å²) in [7, 11) is -5.87. The molecule has 140 valence electrons. The number of sulfonamides is 2. The molecule has 0 atom stereocenters. The quantitative estimate of drug-likeness (QED) is 0.815. The van der Waals surface area contributed by atoms with Crippen LogP contribution in [-0.4, -0.2) is 30.4 Å². The summed E-state index contributed by atoms with van der Waals surface area (Å²) in [5.74, 6) is 0. The van der Waals surface area contributed by atoms with Crippen LogP contribution < -0.4 is 9.03 Å². The highest BCUT2D eigenvalue weighted by Crippen LogP contribution is 2.34. The molecule has 1 aliphatic rings. The molecule has 8 heteroatoms. The predicted molar refractivity (Wildman–Crippen MR) is 101 cm³/mol. The number of benzene rings is 2. The minimum Gasteiger partial charge on any atom is -0.266 e. The monoisotopic (exact) mass is 394 g/mol. The fourth-order valence-electron chi connectivity index (χ4n) is 3.13. The van der Waals surface area contributed by atoms with Gasteiger partial charge in [0, 0.05) is 6.54 Å². The van der Waals surface area contributed by atoms with Crippen LogP contribution in [0.3, 0.4) is 0 Å². The molecule has 1 heterocycles. The van der Waals surface area contributed by atoms with Crippen molar-refractivity contribution in [3.8, 4) is 0 Å². The third-order valence-corrected chi connectivity index (χ3v) is 7.77. The van der Waals surface area contributed by atoms with E-state index < -0.39 is 20.0 Å². The van der Waals surface area contributed by atoms with Crippen molar-refractivity contribution in [1.82, 2.24) is 4.72 Å². The minimum absolute atomic E-state index is 0.141. The van der Waals surface area contributed by atoms with Crippen LogP contribution in [0.4, 0.5) is 5.69 Å². The Morgan fingerprint density at radius 3 is 2.27 bits per heavy atom. The Bertz CT molecular complexity index is 1010. The molecule has 0 spiro atoms. The third-order valence-electron chi connectivity index (χ3n) is 4.53. The lowest BCUT2D eigenvalue weighted by molar-refractivity contribution is 0.587. The fourth-order valence-corrected chi connectivity index (χ4v) is 5.41. The molecular formula is C18H22N2O4S2. The first-order valence-electron chi connectivity index (χ1n) is 8.48. The Balaban J connectivity index is 1.95. The maximum Gasteiger partial charge on any atom is 0.264 e. The van der Waals surface area contributed by atoms with Crippen LogP contribution in [0.2, 0.25) is 0 Å². The highest BCUT2D eigenvalue weighted by Gasteiger charge is 2.31. The zero-order valence-corrected chi connectivity index (χ0v) is 16.4. The van der Waals surface area contributed by atoms with E-state index in [4.69, 9.17) is 0 Å². The van der Waals surface area contributed by atoms with Crippen LogP contribution in [0.1, 0.15) is 24.5 Å². The van der Waals surface area contributed by atoms with Gasteiger partial charge in [0.25, 0.3) is 10.0 Å². The predicted octanol–water partition coefficient (Wildman–Crippen LogP) is 2.30. The number of hydrogen-bond acceptors (Lipinski definition) is 4. The van der Waals surface area contributed by atoms with Gasteiger partial charge in [-0.05, 0) is 61.3 Å². The SMILES string of the molecule is CCCc1ccc(S(=O)(=O)N2CCc3cc(S(=O)(=O)NC)ccc32)cc1. The summed E-state index contributed by atoms with van der Waals surface area (Å²) in [6.07, 6.45) is 2.40. The Labute approximate surface area is 155 Å². The number of aryl methyl sites for hydroxylation is 1. The van der Waals surface area contributed by atoms with Gasteiger partial charge in [0.05, 0.1) is 15.5 Å². The first-order chi connectivity index (χ1) is 12.3. The van der Waals surface area contributed by atoms with Crippen molar-refractivity contribution in [2.45, 2.75) is 36.0 Å². The van der Waals surface area contributed by atoms with Crippen molar-refractivity contribution in [3.63, 3.8) is 0 Å². The fraction of sp³-hybridized carbons (Fsp3) is 0.333. The van der Waals surface area contributed by atoms with Gasteiger partial charge in [-0.25, -0.2) is 21.6 Å². The molecule has 3 rings (SSSR count). The van der Waals surface area contributed by atoms with E-state index in [2.05, 4.69) is 11.6 Å². The average molecular weight is 395 g/mol.